The average Bonchev–Trinajstić information content (AvgIpc) is 3.17. The summed E-state index contributed by atoms with van der Waals surface area (Å²) in [7, 11) is 1.57. The highest BCUT2D eigenvalue weighted by Crippen LogP contribution is 2.38. The van der Waals surface area contributed by atoms with E-state index in [1.54, 1.807) is 7.11 Å². The molecule has 6 heteroatoms. The number of rotatable bonds is 4. The summed E-state index contributed by atoms with van der Waals surface area (Å²) < 4.78 is 11.4. The van der Waals surface area contributed by atoms with Crippen LogP contribution < -0.4 is 4.74 Å². The Kier molecular flexibility index (Phi) is 4.87. The molecule has 1 atom stereocenters. The fourth-order valence-corrected chi connectivity index (χ4v) is 4.42. The summed E-state index contributed by atoms with van der Waals surface area (Å²) in [6, 6.07) is 16.2. The molecule has 3 heterocycles. The van der Waals surface area contributed by atoms with Gasteiger partial charge in [-0.2, -0.15) is 0 Å². The molecule has 158 valence electrons. The highest BCUT2D eigenvalue weighted by molar-refractivity contribution is 5.89. The van der Waals surface area contributed by atoms with Crippen LogP contribution in [0.5, 0.6) is 11.5 Å². The maximum absolute atomic E-state index is 10.1. The lowest BCUT2D eigenvalue weighted by atomic mass is 9.93. The van der Waals surface area contributed by atoms with Crippen LogP contribution in [0.1, 0.15) is 35.7 Å². The number of methoxy groups -OCH3 is 1. The Balaban J connectivity index is 1.47. The molecule has 5 rings (SSSR count). The molecule has 0 fully saturated rings. The number of hydrogen-bond acceptors (Lipinski definition) is 6. The maximum Gasteiger partial charge on any atom is 0.247 e. The Morgan fingerprint density at radius 3 is 2.74 bits per heavy atom. The molecule has 6 nitrogen and oxygen atoms in total. The summed E-state index contributed by atoms with van der Waals surface area (Å²) in [5.41, 5.74) is 6.73. The van der Waals surface area contributed by atoms with Gasteiger partial charge in [0.1, 0.15) is 5.52 Å². The van der Waals surface area contributed by atoms with Gasteiger partial charge in [-0.1, -0.05) is 30.3 Å². The van der Waals surface area contributed by atoms with Crippen molar-refractivity contribution in [1.82, 2.24) is 14.9 Å². The molecular formula is C25H25N3O3. The Morgan fingerprint density at radius 1 is 1.16 bits per heavy atom. The van der Waals surface area contributed by atoms with Gasteiger partial charge in [0.2, 0.25) is 11.6 Å². The molecule has 0 bridgehead atoms. The maximum atomic E-state index is 10.1. The summed E-state index contributed by atoms with van der Waals surface area (Å²) in [4.78, 5) is 11.7. The van der Waals surface area contributed by atoms with Crippen LogP contribution >= 0.6 is 0 Å². The van der Waals surface area contributed by atoms with Crippen LogP contribution in [-0.2, 0) is 13.0 Å². The molecule has 1 aliphatic rings. The molecule has 0 saturated carbocycles. The summed E-state index contributed by atoms with van der Waals surface area (Å²) >= 11 is 0. The topological polar surface area (TPSA) is 71.6 Å². The van der Waals surface area contributed by atoms with Gasteiger partial charge in [-0.25, -0.2) is 9.97 Å². The first-order valence-corrected chi connectivity index (χ1v) is 10.5. The molecule has 2 aromatic heterocycles. The fraction of sp³-hybridized carbons (Fsp3) is 0.280. The van der Waals surface area contributed by atoms with Gasteiger partial charge in [0.15, 0.2) is 11.5 Å². The van der Waals surface area contributed by atoms with Gasteiger partial charge in [0.25, 0.3) is 0 Å². The van der Waals surface area contributed by atoms with Gasteiger partial charge in [-0.05, 0) is 55.2 Å². The molecule has 2 aromatic carbocycles. The average molecular weight is 415 g/mol. The number of ether oxygens (including phenoxy) is 1. The Labute approximate surface area is 181 Å². The summed E-state index contributed by atoms with van der Waals surface area (Å²) in [6.45, 7) is 5.58. The standard InChI is InChI=1S/C25H25N3O3/c1-15-11-20(17-7-5-4-6-8-17)24-25(26-15)31-23(27-24)14-28-10-9-18-12-21(29)22(30-3)13-19(18)16(28)2/h4-8,11-13,16,29H,9-10,14H2,1-3H3. The highest BCUT2D eigenvalue weighted by atomic mass is 16.5. The number of oxazole rings is 1. The van der Waals surface area contributed by atoms with E-state index >= 15 is 0 Å². The van der Waals surface area contributed by atoms with E-state index in [2.05, 4.69) is 35.0 Å². The molecule has 4 aromatic rings. The number of pyridine rings is 1. The first-order chi connectivity index (χ1) is 15.0. The van der Waals surface area contributed by atoms with Crippen LogP contribution in [-0.4, -0.2) is 33.6 Å². The number of nitrogens with zero attached hydrogens (tertiary/aromatic N) is 3. The third-order valence-electron chi connectivity index (χ3n) is 6.07. The Morgan fingerprint density at radius 2 is 1.97 bits per heavy atom. The lowest BCUT2D eigenvalue weighted by Crippen LogP contribution is -2.33. The molecule has 0 radical (unpaired) electrons. The molecule has 1 N–H and O–H groups in total. The molecular weight excluding hydrogens is 390 g/mol. The first kappa shape index (κ1) is 19.6. The minimum atomic E-state index is 0.150. The van der Waals surface area contributed by atoms with Crippen molar-refractivity contribution in [2.75, 3.05) is 13.7 Å². The van der Waals surface area contributed by atoms with Crippen molar-refractivity contribution in [2.24, 2.45) is 0 Å². The molecule has 0 aliphatic carbocycles. The summed E-state index contributed by atoms with van der Waals surface area (Å²) in [5.74, 6) is 1.35. The number of hydrogen-bond donors (Lipinski definition) is 1. The second-order valence-corrected chi connectivity index (χ2v) is 8.06. The zero-order valence-electron chi connectivity index (χ0n) is 17.9. The van der Waals surface area contributed by atoms with Gasteiger partial charge in [-0.15, -0.1) is 0 Å². The van der Waals surface area contributed by atoms with Gasteiger partial charge < -0.3 is 14.3 Å². The quantitative estimate of drug-likeness (QED) is 0.504. The normalized spacial score (nSPS) is 16.4. The van der Waals surface area contributed by atoms with Gasteiger partial charge in [0, 0.05) is 23.8 Å². The third kappa shape index (κ3) is 3.53. The predicted octanol–water partition coefficient (Wildman–Crippen LogP) is 5.03. The largest absolute Gasteiger partial charge is 0.504 e. The van der Waals surface area contributed by atoms with Gasteiger partial charge >= 0.3 is 0 Å². The number of aryl methyl sites for hydroxylation is 1. The second kappa shape index (κ2) is 7.71. The SMILES string of the molecule is COc1cc2c(cc1O)CCN(Cc1nc3c(-c4ccccc4)cc(C)nc3o1)C2C. The number of aromatic nitrogens is 2. The van der Waals surface area contributed by atoms with Crippen LogP contribution in [0.4, 0.5) is 0 Å². The zero-order chi connectivity index (χ0) is 21.5. The van der Waals surface area contributed by atoms with Gasteiger partial charge in [-0.3, -0.25) is 4.90 Å². The molecule has 1 aliphatic heterocycles. The molecule has 0 saturated heterocycles. The smallest absolute Gasteiger partial charge is 0.247 e. The summed E-state index contributed by atoms with van der Waals surface area (Å²) in [6.07, 6.45) is 0.851. The minimum Gasteiger partial charge on any atom is -0.504 e. The third-order valence-corrected chi connectivity index (χ3v) is 6.07. The monoisotopic (exact) mass is 415 g/mol. The fourth-order valence-electron chi connectivity index (χ4n) is 4.42. The number of aromatic hydroxyl groups is 1. The van der Waals surface area contributed by atoms with Gasteiger partial charge in [0.05, 0.1) is 13.7 Å². The lowest BCUT2D eigenvalue weighted by Gasteiger charge is -2.34. The van der Waals surface area contributed by atoms with Crippen molar-refractivity contribution >= 4 is 11.2 Å². The van der Waals surface area contributed by atoms with E-state index in [4.69, 9.17) is 14.1 Å². The van der Waals surface area contributed by atoms with E-state index in [9.17, 15) is 5.11 Å². The zero-order valence-corrected chi connectivity index (χ0v) is 17.9. The van der Waals surface area contributed by atoms with Crippen molar-refractivity contribution in [2.45, 2.75) is 32.9 Å². The van der Waals surface area contributed by atoms with Crippen LogP contribution in [0, 0.1) is 6.92 Å². The van der Waals surface area contributed by atoms with Crippen LogP contribution in [0.3, 0.4) is 0 Å². The number of benzene rings is 2. The molecule has 0 spiro atoms. The highest BCUT2D eigenvalue weighted by Gasteiger charge is 2.27. The lowest BCUT2D eigenvalue weighted by molar-refractivity contribution is 0.172. The van der Waals surface area contributed by atoms with E-state index in [0.29, 0.717) is 23.9 Å². The minimum absolute atomic E-state index is 0.150. The van der Waals surface area contributed by atoms with Crippen LogP contribution in [0.25, 0.3) is 22.4 Å². The van der Waals surface area contributed by atoms with Crippen molar-refractivity contribution in [3.8, 4) is 22.6 Å². The van der Waals surface area contributed by atoms with Crippen molar-refractivity contribution in [3.05, 3.63) is 71.2 Å². The Hall–Kier alpha value is -3.38. The first-order valence-electron chi connectivity index (χ1n) is 10.5. The van der Waals surface area contributed by atoms with Crippen molar-refractivity contribution < 1.29 is 14.3 Å². The van der Waals surface area contributed by atoms with Crippen LogP contribution in [0.2, 0.25) is 0 Å². The molecule has 0 amide bonds. The molecule has 31 heavy (non-hydrogen) atoms. The van der Waals surface area contributed by atoms with E-state index in [0.717, 1.165) is 46.4 Å². The summed E-state index contributed by atoms with van der Waals surface area (Å²) in [5, 5.41) is 10.1. The van der Waals surface area contributed by atoms with E-state index in [1.165, 1.54) is 0 Å². The van der Waals surface area contributed by atoms with E-state index < -0.39 is 0 Å². The van der Waals surface area contributed by atoms with Crippen LogP contribution in [0.15, 0.2) is 52.9 Å². The van der Waals surface area contributed by atoms with Crippen molar-refractivity contribution in [3.63, 3.8) is 0 Å². The van der Waals surface area contributed by atoms with E-state index in [1.807, 2.05) is 37.3 Å². The van der Waals surface area contributed by atoms with Crippen molar-refractivity contribution in [1.29, 1.82) is 0 Å². The number of phenols is 1. The number of phenolic OH excluding ortho intramolecular Hbond substituents is 1. The predicted molar refractivity (Wildman–Crippen MR) is 119 cm³/mol. The Bertz CT molecular complexity index is 1250. The second-order valence-electron chi connectivity index (χ2n) is 8.06. The number of fused-ring (bicyclic) bond motifs is 2. The molecule has 1 unspecified atom stereocenters. The van der Waals surface area contributed by atoms with E-state index in [-0.39, 0.29) is 11.8 Å².